The summed E-state index contributed by atoms with van der Waals surface area (Å²) >= 11 is 0. The number of fused-ring (bicyclic) bond motifs is 1. The largest absolute Gasteiger partial charge is 0.273 e. The number of hydrogen-bond donors (Lipinski definition) is 0. The van der Waals surface area contributed by atoms with Gasteiger partial charge in [0.2, 0.25) is 5.91 Å². The van der Waals surface area contributed by atoms with Crippen LogP contribution in [0.15, 0.2) is 72.8 Å². The van der Waals surface area contributed by atoms with Crippen molar-refractivity contribution in [3.8, 4) is 6.07 Å². The number of rotatable bonds is 3. The zero-order chi connectivity index (χ0) is 22.4. The van der Waals surface area contributed by atoms with E-state index in [9.17, 15) is 9.59 Å². The predicted octanol–water partition coefficient (Wildman–Crippen LogP) is 4.23. The Morgan fingerprint density at radius 1 is 0.906 bits per heavy atom. The van der Waals surface area contributed by atoms with Gasteiger partial charge in [0.25, 0.3) is 5.91 Å². The molecule has 0 radical (unpaired) electrons. The standard InChI is InChI=1S/C26H21N3O3/c1-16-8-13-21(17(2)14-16)28-25(30)22-23(19-11-9-18(15-27)10-12-19)29(32-24(22)26(28)31)20-6-4-3-5-7-20/h3-14,22-24H,1-2H3/t22-,23+,24-/m1/s1. The first kappa shape index (κ1) is 20.0. The van der Waals surface area contributed by atoms with E-state index in [0.29, 0.717) is 11.3 Å². The molecule has 0 N–H and O–H groups in total. The molecule has 3 aromatic carbocycles. The third kappa shape index (κ3) is 3.06. The first-order valence-electron chi connectivity index (χ1n) is 10.5. The number of para-hydroxylation sites is 1. The smallest absolute Gasteiger partial charge is 0.266 e. The summed E-state index contributed by atoms with van der Waals surface area (Å²) in [4.78, 5) is 34.5. The minimum absolute atomic E-state index is 0.278. The van der Waals surface area contributed by atoms with Gasteiger partial charge in [-0.1, -0.05) is 48.0 Å². The molecule has 5 rings (SSSR count). The van der Waals surface area contributed by atoms with Crippen molar-refractivity contribution in [3.63, 3.8) is 0 Å². The van der Waals surface area contributed by atoms with Crippen molar-refractivity contribution < 1.29 is 14.4 Å². The number of hydrogen-bond acceptors (Lipinski definition) is 5. The van der Waals surface area contributed by atoms with Crippen molar-refractivity contribution in [1.82, 2.24) is 0 Å². The number of amides is 2. The third-order valence-corrected chi connectivity index (χ3v) is 6.10. The number of nitrogens with zero attached hydrogens (tertiary/aromatic N) is 3. The van der Waals surface area contributed by atoms with Gasteiger partial charge in [-0.3, -0.25) is 14.4 Å². The van der Waals surface area contributed by atoms with Gasteiger partial charge in [0, 0.05) is 0 Å². The fourth-order valence-electron chi connectivity index (χ4n) is 4.60. The van der Waals surface area contributed by atoms with Crippen molar-refractivity contribution in [2.24, 2.45) is 5.92 Å². The normalized spacial score (nSPS) is 22.2. The molecule has 2 heterocycles. The lowest BCUT2D eigenvalue weighted by atomic mass is 9.90. The van der Waals surface area contributed by atoms with Gasteiger partial charge < -0.3 is 0 Å². The number of aryl methyl sites for hydroxylation is 2. The Morgan fingerprint density at radius 2 is 1.62 bits per heavy atom. The molecule has 6 nitrogen and oxygen atoms in total. The predicted molar refractivity (Wildman–Crippen MR) is 120 cm³/mol. The van der Waals surface area contributed by atoms with Gasteiger partial charge in [-0.2, -0.15) is 5.26 Å². The van der Waals surface area contributed by atoms with E-state index in [0.717, 1.165) is 22.4 Å². The highest BCUT2D eigenvalue weighted by atomic mass is 16.7. The molecule has 0 spiro atoms. The van der Waals surface area contributed by atoms with Crippen LogP contribution in [0, 0.1) is 31.1 Å². The highest BCUT2D eigenvalue weighted by Crippen LogP contribution is 2.47. The van der Waals surface area contributed by atoms with Crippen molar-refractivity contribution >= 4 is 23.2 Å². The summed E-state index contributed by atoms with van der Waals surface area (Å²) in [5.41, 5.74) is 4.61. The van der Waals surface area contributed by atoms with Crippen molar-refractivity contribution in [2.75, 3.05) is 9.96 Å². The van der Waals surface area contributed by atoms with Gasteiger partial charge in [0.15, 0.2) is 6.10 Å². The maximum absolute atomic E-state index is 13.7. The van der Waals surface area contributed by atoms with E-state index >= 15 is 0 Å². The zero-order valence-electron chi connectivity index (χ0n) is 17.7. The molecule has 0 aromatic heterocycles. The van der Waals surface area contributed by atoms with Crippen LogP contribution < -0.4 is 9.96 Å². The van der Waals surface area contributed by atoms with Crippen LogP contribution in [0.3, 0.4) is 0 Å². The second-order valence-corrected chi connectivity index (χ2v) is 8.19. The summed E-state index contributed by atoms with van der Waals surface area (Å²) < 4.78 is 0. The third-order valence-electron chi connectivity index (χ3n) is 6.10. The molecule has 32 heavy (non-hydrogen) atoms. The molecule has 6 heteroatoms. The van der Waals surface area contributed by atoms with Crippen LogP contribution in [0.25, 0.3) is 0 Å². The molecule has 3 atom stereocenters. The second kappa shape index (κ2) is 7.63. The van der Waals surface area contributed by atoms with Crippen LogP contribution in [0.5, 0.6) is 0 Å². The Hall–Kier alpha value is -3.95. The molecular formula is C26H21N3O3. The summed E-state index contributed by atoms with van der Waals surface area (Å²) in [6, 6.07) is 23.8. The summed E-state index contributed by atoms with van der Waals surface area (Å²) in [5, 5.41) is 10.8. The number of carbonyl (C=O) groups is 2. The van der Waals surface area contributed by atoms with Crippen LogP contribution in [-0.4, -0.2) is 17.9 Å². The lowest BCUT2D eigenvalue weighted by Crippen LogP contribution is -2.37. The molecule has 2 amide bonds. The van der Waals surface area contributed by atoms with Crippen LogP contribution in [0.4, 0.5) is 11.4 Å². The zero-order valence-corrected chi connectivity index (χ0v) is 17.7. The molecule has 2 aliphatic rings. The Balaban J connectivity index is 1.59. The SMILES string of the molecule is Cc1ccc(N2C(=O)[C@H]3[C@@H](ON(c4ccccc4)[C@H]3c3ccc(C#N)cc3)C2=O)c(C)c1. The number of carbonyl (C=O) groups excluding carboxylic acids is 2. The number of anilines is 2. The summed E-state index contributed by atoms with van der Waals surface area (Å²) in [5.74, 6) is -1.33. The van der Waals surface area contributed by atoms with Crippen LogP contribution in [0.1, 0.15) is 28.3 Å². The second-order valence-electron chi connectivity index (χ2n) is 8.19. The van der Waals surface area contributed by atoms with Gasteiger partial charge >= 0.3 is 0 Å². The Labute approximate surface area is 186 Å². The fourth-order valence-corrected chi connectivity index (χ4v) is 4.60. The number of hydroxylamine groups is 1. The van der Waals surface area contributed by atoms with Gasteiger partial charge in [-0.25, -0.2) is 9.96 Å². The summed E-state index contributed by atoms with van der Waals surface area (Å²) in [6.45, 7) is 3.87. The van der Waals surface area contributed by atoms with Crippen molar-refractivity contribution in [3.05, 3.63) is 95.1 Å². The Bertz CT molecular complexity index is 1250. The van der Waals surface area contributed by atoms with E-state index in [2.05, 4.69) is 6.07 Å². The van der Waals surface area contributed by atoms with E-state index in [-0.39, 0.29) is 11.8 Å². The minimum Gasteiger partial charge on any atom is -0.273 e. The van der Waals surface area contributed by atoms with Crippen molar-refractivity contribution in [1.29, 1.82) is 5.26 Å². The van der Waals surface area contributed by atoms with Crippen LogP contribution in [-0.2, 0) is 14.4 Å². The van der Waals surface area contributed by atoms with Gasteiger partial charge in [0.1, 0.15) is 5.92 Å². The number of benzene rings is 3. The topological polar surface area (TPSA) is 73.6 Å². The van der Waals surface area contributed by atoms with Crippen molar-refractivity contribution in [2.45, 2.75) is 26.0 Å². The van der Waals surface area contributed by atoms with E-state index < -0.39 is 18.1 Å². The maximum atomic E-state index is 13.7. The maximum Gasteiger partial charge on any atom is 0.266 e. The highest BCUT2D eigenvalue weighted by molar-refractivity contribution is 6.24. The van der Waals surface area contributed by atoms with Gasteiger partial charge in [0.05, 0.1) is 29.0 Å². The Morgan fingerprint density at radius 3 is 2.28 bits per heavy atom. The van der Waals surface area contributed by atoms with Gasteiger partial charge in [-0.15, -0.1) is 0 Å². The lowest BCUT2D eigenvalue weighted by Gasteiger charge is -2.29. The Kier molecular flexibility index (Phi) is 4.76. The average molecular weight is 423 g/mol. The molecule has 0 saturated carbocycles. The van der Waals surface area contributed by atoms with E-state index in [4.69, 9.17) is 10.1 Å². The molecule has 2 saturated heterocycles. The number of nitriles is 1. The summed E-state index contributed by atoms with van der Waals surface area (Å²) in [7, 11) is 0. The quantitative estimate of drug-likeness (QED) is 0.590. The molecule has 0 aliphatic carbocycles. The number of imide groups is 1. The molecule has 0 unspecified atom stereocenters. The summed E-state index contributed by atoms with van der Waals surface area (Å²) in [6.07, 6.45) is -0.913. The molecule has 2 fully saturated rings. The average Bonchev–Trinajstić information content (AvgIpc) is 3.31. The minimum atomic E-state index is -0.913. The first-order chi connectivity index (χ1) is 15.5. The fraction of sp³-hybridized carbons (Fsp3) is 0.192. The van der Waals surface area contributed by atoms with E-state index in [1.807, 2.05) is 74.5 Å². The molecule has 0 bridgehead atoms. The van der Waals surface area contributed by atoms with E-state index in [1.165, 1.54) is 4.90 Å². The molecule has 3 aromatic rings. The van der Waals surface area contributed by atoms with Crippen LogP contribution in [0.2, 0.25) is 0 Å². The molecule has 2 aliphatic heterocycles. The van der Waals surface area contributed by atoms with E-state index in [1.54, 1.807) is 17.2 Å². The highest BCUT2D eigenvalue weighted by Gasteiger charge is 2.60. The monoisotopic (exact) mass is 423 g/mol. The van der Waals surface area contributed by atoms with Crippen LogP contribution >= 0.6 is 0 Å². The molecule has 158 valence electrons. The molecular weight excluding hydrogens is 402 g/mol. The van der Waals surface area contributed by atoms with Gasteiger partial charge in [-0.05, 0) is 55.3 Å². The first-order valence-corrected chi connectivity index (χ1v) is 10.5. The lowest BCUT2D eigenvalue weighted by molar-refractivity contribution is -0.126.